The minimum absolute atomic E-state index is 0.241. The van der Waals surface area contributed by atoms with Crippen molar-refractivity contribution in [2.24, 2.45) is 0 Å². The molecule has 1 aromatic rings. The van der Waals surface area contributed by atoms with Gasteiger partial charge in [-0.2, -0.15) is 4.31 Å². The van der Waals surface area contributed by atoms with Gasteiger partial charge in [0.15, 0.2) is 6.29 Å². The molecule has 0 radical (unpaired) electrons. The third kappa shape index (κ3) is 3.10. The number of sulfonamides is 1. The van der Waals surface area contributed by atoms with Crippen LogP contribution in [0.3, 0.4) is 0 Å². The molecule has 2 fully saturated rings. The second-order valence-electron chi connectivity index (χ2n) is 5.72. The quantitative estimate of drug-likeness (QED) is 0.797. The molecule has 0 spiro atoms. The van der Waals surface area contributed by atoms with Crippen molar-refractivity contribution in [3.8, 4) is 0 Å². The van der Waals surface area contributed by atoms with Crippen molar-refractivity contribution >= 4 is 26.0 Å². The van der Waals surface area contributed by atoms with E-state index >= 15 is 0 Å². The summed E-state index contributed by atoms with van der Waals surface area (Å²) >= 11 is 3.38. The molecule has 0 amide bonds. The molecule has 1 atom stereocenters. The molecule has 2 aliphatic rings. The summed E-state index contributed by atoms with van der Waals surface area (Å²) in [6.45, 7) is 3.51. The molecule has 0 unspecified atom stereocenters. The third-order valence-corrected chi connectivity index (χ3v) is 7.04. The maximum absolute atomic E-state index is 13.1. The molecule has 2 saturated heterocycles. The number of ether oxygens (including phenoxy) is 2. The largest absolute Gasteiger partial charge is 0.349 e. The fourth-order valence-corrected chi connectivity index (χ4v) is 5.88. The van der Waals surface area contributed by atoms with Crippen LogP contribution in [0.4, 0.5) is 0 Å². The van der Waals surface area contributed by atoms with Crippen molar-refractivity contribution in [1.82, 2.24) is 4.31 Å². The van der Waals surface area contributed by atoms with E-state index in [1.807, 2.05) is 19.1 Å². The van der Waals surface area contributed by atoms with Crippen molar-refractivity contribution in [2.45, 2.75) is 43.4 Å². The van der Waals surface area contributed by atoms with Crippen LogP contribution in [0.1, 0.15) is 24.8 Å². The fraction of sp³-hybridized carbons (Fsp3) is 0.600. The van der Waals surface area contributed by atoms with Gasteiger partial charge in [0, 0.05) is 11.0 Å². The van der Waals surface area contributed by atoms with Gasteiger partial charge < -0.3 is 9.47 Å². The monoisotopic (exact) mass is 389 g/mol. The van der Waals surface area contributed by atoms with Crippen LogP contribution >= 0.6 is 15.9 Å². The highest BCUT2D eigenvalue weighted by Crippen LogP contribution is 2.32. The molecule has 2 aliphatic heterocycles. The average molecular weight is 390 g/mol. The third-order valence-electron chi connectivity index (χ3n) is 4.13. The van der Waals surface area contributed by atoms with Crippen molar-refractivity contribution in [3.63, 3.8) is 0 Å². The predicted molar refractivity (Wildman–Crippen MR) is 86.1 cm³/mol. The second kappa shape index (κ2) is 6.57. The van der Waals surface area contributed by atoms with Gasteiger partial charge in [-0.15, -0.1) is 0 Å². The minimum atomic E-state index is -3.57. The maximum atomic E-state index is 13.1. The number of rotatable bonds is 3. The second-order valence-corrected chi connectivity index (χ2v) is 8.44. The number of aryl methyl sites for hydroxylation is 1. The zero-order valence-corrected chi connectivity index (χ0v) is 14.9. The number of hydrogen-bond acceptors (Lipinski definition) is 4. The molecular weight excluding hydrogens is 370 g/mol. The van der Waals surface area contributed by atoms with Crippen LogP contribution in [0.15, 0.2) is 27.6 Å². The predicted octanol–water partition coefficient (Wildman–Crippen LogP) is 2.67. The van der Waals surface area contributed by atoms with Crippen molar-refractivity contribution in [1.29, 1.82) is 0 Å². The SMILES string of the molecule is Cc1ccc(S(=O)(=O)N2CCCC[C@H]2C2OCCO2)c(Br)c1. The Kier molecular flexibility index (Phi) is 4.89. The van der Waals surface area contributed by atoms with Crippen LogP contribution in [-0.2, 0) is 19.5 Å². The summed E-state index contributed by atoms with van der Waals surface area (Å²) in [5, 5.41) is 0. The summed E-state index contributed by atoms with van der Waals surface area (Å²) in [5.41, 5.74) is 1.02. The van der Waals surface area contributed by atoms with Crippen LogP contribution in [0, 0.1) is 6.92 Å². The summed E-state index contributed by atoms with van der Waals surface area (Å²) in [4.78, 5) is 0.308. The van der Waals surface area contributed by atoms with E-state index in [1.165, 1.54) is 0 Å². The summed E-state index contributed by atoms with van der Waals surface area (Å²) < 4.78 is 39.4. The fourth-order valence-electron chi connectivity index (χ4n) is 3.04. The van der Waals surface area contributed by atoms with E-state index in [4.69, 9.17) is 9.47 Å². The number of benzene rings is 1. The van der Waals surface area contributed by atoms with Gasteiger partial charge in [-0.1, -0.05) is 12.5 Å². The van der Waals surface area contributed by atoms with E-state index in [2.05, 4.69) is 15.9 Å². The van der Waals surface area contributed by atoms with Gasteiger partial charge in [-0.05, 0) is 53.4 Å². The number of halogens is 1. The van der Waals surface area contributed by atoms with E-state index in [9.17, 15) is 8.42 Å². The standard InChI is InChI=1S/C15H20BrNO4S/c1-11-5-6-14(12(16)10-11)22(18,19)17-7-3-2-4-13(17)15-20-8-9-21-15/h5-6,10,13,15H,2-4,7-9H2,1H3/t13-/m0/s1. The highest BCUT2D eigenvalue weighted by atomic mass is 79.9. The molecule has 0 aliphatic carbocycles. The van der Waals surface area contributed by atoms with Crippen molar-refractivity contribution < 1.29 is 17.9 Å². The molecule has 122 valence electrons. The van der Waals surface area contributed by atoms with Gasteiger partial charge in [0.1, 0.15) is 0 Å². The Bertz CT molecular complexity index is 643. The number of piperidine rings is 1. The highest BCUT2D eigenvalue weighted by molar-refractivity contribution is 9.10. The van der Waals surface area contributed by atoms with Crippen LogP contribution in [0.25, 0.3) is 0 Å². The molecule has 22 heavy (non-hydrogen) atoms. The Morgan fingerprint density at radius 3 is 2.64 bits per heavy atom. The molecule has 1 aromatic carbocycles. The first-order valence-corrected chi connectivity index (χ1v) is 9.74. The lowest BCUT2D eigenvalue weighted by atomic mass is 10.0. The van der Waals surface area contributed by atoms with E-state index < -0.39 is 16.3 Å². The van der Waals surface area contributed by atoms with Gasteiger partial charge >= 0.3 is 0 Å². The molecule has 0 saturated carbocycles. The molecule has 3 rings (SSSR count). The van der Waals surface area contributed by atoms with Gasteiger partial charge in [0.05, 0.1) is 24.2 Å². The molecular formula is C15H20BrNO4S. The Labute approximate surface area is 139 Å². The Hall–Kier alpha value is -0.470. The van der Waals surface area contributed by atoms with Crippen LogP contribution < -0.4 is 0 Å². The first-order valence-electron chi connectivity index (χ1n) is 7.51. The zero-order chi connectivity index (χ0) is 15.7. The molecule has 0 N–H and O–H groups in total. The first kappa shape index (κ1) is 16.4. The Morgan fingerprint density at radius 2 is 1.95 bits per heavy atom. The van der Waals surface area contributed by atoms with E-state index in [-0.39, 0.29) is 6.04 Å². The molecule has 0 bridgehead atoms. The minimum Gasteiger partial charge on any atom is -0.349 e. The molecule has 5 nitrogen and oxygen atoms in total. The topological polar surface area (TPSA) is 55.8 Å². The molecule has 7 heteroatoms. The molecule has 0 aromatic heterocycles. The summed E-state index contributed by atoms with van der Waals surface area (Å²) in [6.07, 6.45) is 2.19. The van der Waals surface area contributed by atoms with Crippen molar-refractivity contribution in [2.75, 3.05) is 19.8 Å². The number of hydrogen-bond donors (Lipinski definition) is 0. The smallest absolute Gasteiger partial charge is 0.244 e. The Morgan fingerprint density at radius 1 is 1.23 bits per heavy atom. The highest BCUT2D eigenvalue weighted by Gasteiger charge is 2.40. The zero-order valence-electron chi connectivity index (χ0n) is 12.5. The summed E-state index contributed by atoms with van der Waals surface area (Å²) in [6, 6.07) is 5.07. The van der Waals surface area contributed by atoms with Crippen LogP contribution in [0.2, 0.25) is 0 Å². The van der Waals surface area contributed by atoms with E-state index in [1.54, 1.807) is 10.4 Å². The normalized spacial score (nSPS) is 24.7. The average Bonchev–Trinajstić information content (AvgIpc) is 3.01. The maximum Gasteiger partial charge on any atom is 0.244 e. The van der Waals surface area contributed by atoms with Gasteiger partial charge in [0.25, 0.3) is 0 Å². The van der Waals surface area contributed by atoms with E-state index in [0.29, 0.717) is 29.1 Å². The summed E-state index contributed by atoms with van der Waals surface area (Å²) in [5.74, 6) is 0. The summed E-state index contributed by atoms with van der Waals surface area (Å²) in [7, 11) is -3.57. The molecule has 2 heterocycles. The van der Waals surface area contributed by atoms with E-state index in [0.717, 1.165) is 24.8 Å². The lowest BCUT2D eigenvalue weighted by molar-refractivity contribution is -0.0913. The number of nitrogens with zero attached hydrogens (tertiary/aromatic N) is 1. The van der Waals surface area contributed by atoms with Gasteiger partial charge in [-0.3, -0.25) is 0 Å². The Balaban J connectivity index is 1.94. The van der Waals surface area contributed by atoms with Gasteiger partial charge in [0.2, 0.25) is 10.0 Å². The lowest BCUT2D eigenvalue weighted by Gasteiger charge is -2.37. The van der Waals surface area contributed by atoms with Crippen LogP contribution in [0.5, 0.6) is 0 Å². The van der Waals surface area contributed by atoms with Crippen molar-refractivity contribution in [3.05, 3.63) is 28.2 Å². The van der Waals surface area contributed by atoms with Crippen LogP contribution in [-0.4, -0.2) is 44.8 Å². The lowest BCUT2D eigenvalue weighted by Crippen LogP contribution is -2.50. The first-order chi connectivity index (χ1) is 10.5. The van der Waals surface area contributed by atoms with Gasteiger partial charge in [-0.25, -0.2) is 8.42 Å².